The first-order valence-corrected chi connectivity index (χ1v) is 9.11. The van der Waals surface area contributed by atoms with Crippen LogP contribution in [0.15, 0.2) is 59.8 Å². The fourth-order valence-electron chi connectivity index (χ4n) is 2.21. The molecule has 0 atom stereocenters. The summed E-state index contributed by atoms with van der Waals surface area (Å²) in [6.07, 6.45) is 0.978. The summed E-state index contributed by atoms with van der Waals surface area (Å²) in [7, 11) is 0. The summed E-state index contributed by atoms with van der Waals surface area (Å²) in [5.74, 6) is 1.89. The molecule has 0 amide bonds. The summed E-state index contributed by atoms with van der Waals surface area (Å²) in [6.45, 7) is 2.78. The predicted octanol–water partition coefficient (Wildman–Crippen LogP) is 4.24. The van der Waals surface area contributed by atoms with E-state index in [2.05, 4.69) is 22.1 Å². The lowest BCUT2D eigenvalue weighted by Crippen LogP contribution is -2.01. The minimum atomic E-state index is 0.0642. The first-order chi connectivity index (χ1) is 12.3. The van der Waals surface area contributed by atoms with Crippen LogP contribution >= 0.6 is 11.8 Å². The number of thioether (sulfide) groups is 1. The average Bonchev–Trinajstić information content (AvgIpc) is 3.14. The highest BCUT2D eigenvalue weighted by molar-refractivity contribution is 7.99. The second kappa shape index (κ2) is 8.48. The molecule has 6 heteroatoms. The van der Waals surface area contributed by atoms with E-state index in [1.807, 2.05) is 54.6 Å². The van der Waals surface area contributed by atoms with Crippen LogP contribution in [0.4, 0.5) is 0 Å². The second-order valence-corrected chi connectivity index (χ2v) is 6.36. The van der Waals surface area contributed by atoms with Crippen molar-refractivity contribution >= 4 is 17.5 Å². The maximum atomic E-state index is 12.1. The van der Waals surface area contributed by atoms with Crippen LogP contribution in [0.3, 0.4) is 0 Å². The molecule has 0 fully saturated rings. The number of hydrogen-bond acceptors (Lipinski definition) is 5. The number of hydrogen-bond donors (Lipinski definition) is 1. The van der Waals surface area contributed by atoms with Gasteiger partial charge in [0.25, 0.3) is 0 Å². The molecule has 128 valence electrons. The number of carbonyl (C=O) groups excluding carboxylic acids is 1. The Hall–Kier alpha value is -2.60. The van der Waals surface area contributed by atoms with E-state index in [-0.39, 0.29) is 5.78 Å². The Morgan fingerprint density at radius 1 is 1.12 bits per heavy atom. The maximum absolute atomic E-state index is 12.1. The van der Waals surface area contributed by atoms with Crippen molar-refractivity contribution in [3.8, 4) is 17.1 Å². The van der Waals surface area contributed by atoms with E-state index in [0.29, 0.717) is 28.9 Å². The molecule has 3 aromatic rings. The largest absolute Gasteiger partial charge is 0.494 e. The van der Waals surface area contributed by atoms with Gasteiger partial charge in [0.1, 0.15) is 5.75 Å². The van der Waals surface area contributed by atoms with Gasteiger partial charge < -0.3 is 4.74 Å². The fourth-order valence-corrected chi connectivity index (χ4v) is 2.90. The number of ether oxygens (including phenoxy) is 1. The summed E-state index contributed by atoms with van der Waals surface area (Å²) in [6, 6.07) is 16.9. The molecule has 0 aliphatic rings. The lowest BCUT2D eigenvalue weighted by molar-refractivity contribution is 0.102. The molecule has 0 spiro atoms. The predicted molar refractivity (Wildman–Crippen MR) is 99.1 cm³/mol. The zero-order chi connectivity index (χ0) is 17.5. The standard InChI is InChI=1S/C19H19N3O2S/c1-2-12-24-16-10-8-15(9-11-16)18-20-19(22-21-18)25-13-17(23)14-6-4-3-5-7-14/h3-11H,2,12-13H2,1H3,(H,20,21,22). The molecular formula is C19H19N3O2S. The number of ketones is 1. The Labute approximate surface area is 150 Å². The molecule has 5 nitrogen and oxygen atoms in total. The van der Waals surface area contributed by atoms with Gasteiger partial charge in [0.2, 0.25) is 5.16 Å². The van der Waals surface area contributed by atoms with Crippen LogP contribution in [0.1, 0.15) is 23.7 Å². The van der Waals surface area contributed by atoms with Gasteiger partial charge >= 0.3 is 0 Å². The first-order valence-electron chi connectivity index (χ1n) is 8.13. The number of aromatic amines is 1. The van der Waals surface area contributed by atoms with E-state index in [9.17, 15) is 4.79 Å². The SMILES string of the molecule is CCCOc1ccc(-c2nc(SCC(=O)c3ccccc3)n[nH]2)cc1. The lowest BCUT2D eigenvalue weighted by Gasteiger charge is -2.04. The van der Waals surface area contributed by atoms with Crippen molar-refractivity contribution in [2.75, 3.05) is 12.4 Å². The first kappa shape index (κ1) is 17.2. The quantitative estimate of drug-likeness (QED) is 0.485. The monoisotopic (exact) mass is 353 g/mol. The van der Waals surface area contributed by atoms with E-state index in [1.54, 1.807) is 0 Å². The third kappa shape index (κ3) is 4.70. The summed E-state index contributed by atoms with van der Waals surface area (Å²) in [4.78, 5) is 16.6. The van der Waals surface area contributed by atoms with Crippen LogP contribution in [0.25, 0.3) is 11.4 Å². The minimum absolute atomic E-state index is 0.0642. The second-order valence-electron chi connectivity index (χ2n) is 5.42. The molecule has 0 radical (unpaired) electrons. The summed E-state index contributed by atoms with van der Waals surface area (Å²) in [5, 5.41) is 7.65. The van der Waals surface area contributed by atoms with E-state index in [0.717, 1.165) is 17.7 Å². The van der Waals surface area contributed by atoms with E-state index in [1.165, 1.54) is 11.8 Å². The molecule has 0 aliphatic carbocycles. The van der Waals surface area contributed by atoms with Crippen LogP contribution in [-0.2, 0) is 0 Å². The maximum Gasteiger partial charge on any atom is 0.209 e. The van der Waals surface area contributed by atoms with Gasteiger partial charge in [0.05, 0.1) is 12.4 Å². The zero-order valence-corrected chi connectivity index (χ0v) is 14.8. The number of benzene rings is 2. The number of H-pyrrole nitrogens is 1. The van der Waals surface area contributed by atoms with E-state index in [4.69, 9.17) is 4.74 Å². The number of nitrogens with one attached hydrogen (secondary N) is 1. The molecule has 0 saturated heterocycles. The highest BCUT2D eigenvalue weighted by Crippen LogP contribution is 2.22. The highest BCUT2D eigenvalue weighted by atomic mass is 32.2. The Balaban J connectivity index is 1.59. The molecule has 1 aromatic heterocycles. The summed E-state index contributed by atoms with van der Waals surface area (Å²) >= 11 is 1.33. The minimum Gasteiger partial charge on any atom is -0.494 e. The molecule has 0 unspecified atom stereocenters. The van der Waals surface area contributed by atoms with Crippen molar-refractivity contribution < 1.29 is 9.53 Å². The smallest absolute Gasteiger partial charge is 0.209 e. The van der Waals surface area contributed by atoms with Gasteiger partial charge in [0.15, 0.2) is 11.6 Å². The zero-order valence-electron chi connectivity index (χ0n) is 13.9. The molecule has 0 bridgehead atoms. The number of nitrogens with zero attached hydrogens (tertiary/aromatic N) is 2. The highest BCUT2D eigenvalue weighted by Gasteiger charge is 2.10. The molecular weight excluding hydrogens is 334 g/mol. The van der Waals surface area contributed by atoms with E-state index < -0.39 is 0 Å². The van der Waals surface area contributed by atoms with Crippen LogP contribution in [0.5, 0.6) is 5.75 Å². The van der Waals surface area contributed by atoms with Crippen molar-refractivity contribution in [3.63, 3.8) is 0 Å². The fraction of sp³-hybridized carbons (Fsp3) is 0.211. The molecule has 25 heavy (non-hydrogen) atoms. The Kier molecular flexibility index (Phi) is 5.85. The van der Waals surface area contributed by atoms with Gasteiger partial charge in [0, 0.05) is 11.1 Å². The topological polar surface area (TPSA) is 67.9 Å². The van der Waals surface area contributed by atoms with Crippen molar-refractivity contribution in [2.45, 2.75) is 18.5 Å². The van der Waals surface area contributed by atoms with Crippen molar-refractivity contribution in [3.05, 3.63) is 60.2 Å². The van der Waals surface area contributed by atoms with Crippen molar-refractivity contribution in [1.29, 1.82) is 0 Å². The van der Waals surface area contributed by atoms with Gasteiger partial charge in [-0.05, 0) is 30.7 Å². The van der Waals surface area contributed by atoms with Crippen LogP contribution < -0.4 is 4.74 Å². The summed E-state index contributed by atoms with van der Waals surface area (Å²) < 4.78 is 5.57. The van der Waals surface area contributed by atoms with Gasteiger partial charge in [-0.2, -0.15) is 0 Å². The van der Waals surface area contributed by atoms with Gasteiger partial charge in [-0.1, -0.05) is 49.0 Å². The molecule has 1 N–H and O–H groups in total. The van der Waals surface area contributed by atoms with Crippen molar-refractivity contribution in [2.24, 2.45) is 0 Å². The Bertz CT molecular complexity index is 816. The lowest BCUT2D eigenvalue weighted by atomic mass is 10.2. The van der Waals surface area contributed by atoms with Crippen LogP contribution in [-0.4, -0.2) is 33.3 Å². The Morgan fingerprint density at radius 2 is 1.88 bits per heavy atom. The molecule has 2 aromatic carbocycles. The van der Waals surface area contributed by atoms with Gasteiger partial charge in [-0.15, -0.1) is 5.10 Å². The Morgan fingerprint density at radius 3 is 2.60 bits per heavy atom. The van der Waals surface area contributed by atoms with Crippen LogP contribution in [0, 0.1) is 0 Å². The van der Waals surface area contributed by atoms with Gasteiger partial charge in [-0.25, -0.2) is 4.98 Å². The van der Waals surface area contributed by atoms with Crippen LogP contribution in [0.2, 0.25) is 0 Å². The molecule has 1 heterocycles. The van der Waals surface area contributed by atoms with Gasteiger partial charge in [-0.3, -0.25) is 9.89 Å². The third-order valence-corrected chi connectivity index (χ3v) is 4.34. The summed E-state index contributed by atoms with van der Waals surface area (Å²) in [5.41, 5.74) is 1.63. The molecule has 0 aliphatic heterocycles. The van der Waals surface area contributed by atoms with E-state index >= 15 is 0 Å². The normalized spacial score (nSPS) is 10.6. The number of rotatable bonds is 8. The number of carbonyl (C=O) groups is 1. The number of aromatic nitrogens is 3. The van der Waals surface area contributed by atoms with Crippen molar-refractivity contribution in [1.82, 2.24) is 15.2 Å². The molecule has 0 saturated carbocycles. The average molecular weight is 353 g/mol. The molecule has 3 rings (SSSR count). The number of Topliss-reactive ketones (excluding diaryl/α,β-unsaturated/α-hetero) is 1. The third-order valence-electron chi connectivity index (χ3n) is 3.49.